The first-order valence-electron chi connectivity index (χ1n) is 10.9. The number of nitrogens with zero attached hydrogens (tertiary/aromatic N) is 3. The van der Waals surface area contributed by atoms with Crippen molar-refractivity contribution in [2.75, 3.05) is 41.8 Å². The molecule has 0 spiro atoms. The zero-order chi connectivity index (χ0) is 23.5. The number of aromatic nitrogens is 2. The van der Waals surface area contributed by atoms with Crippen molar-refractivity contribution in [2.45, 2.75) is 6.92 Å². The molecule has 1 saturated heterocycles. The van der Waals surface area contributed by atoms with Crippen LogP contribution < -0.4 is 21.0 Å². The average Bonchev–Trinajstić information content (AvgIpc) is 2.85. The highest BCUT2D eigenvalue weighted by molar-refractivity contribution is 6.03. The van der Waals surface area contributed by atoms with E-state index in [-0.39, 0.29) is 11.2 Å². The largest absolute Gasteiger partial charge is 0.451 e. The van der Waals surface area contributed by atoms with E-state index in [2.05, 4.69) is 25.5 Å². The number of anilines is 4. The number of fused-ring (bicyclic) bond motifs is 1. The Morgan fingerprint density at radius 3 is 2.50 bits per heavy atom. The van der Waals surface area contributed by atoms with E-state index in [9.17, 15) is 9.59 Å². The molecule has 172 valence electrons. The van der Waals surface area contributed by atoms with Gasteiger partial charge in [0.25, 0.3) is 5.91 Å². The molecule has 0 saturated carbocycles. The number of rotatable bonds is 5. The van der Waals surface area contributed by atoms with E-state index >= 15 is 0 Å². The quantitative estimate of drug-likeness (QED) is 0.467. The van der Waals surface area contributed by atoms with Crippen LogP contribution in [0, 0.1) is 6.92 Å². The number of benzene rings is 2. The maximum Gasteiger partial charge on any atom is 0.291 e. The van der Waals surface area contributed by atoms with Crippen LogP contribution in [0.25, 0.3) is 11.0 Å². The summed E-state index contributed by atoms with van der Waals surface area (Å²) < 4.78 is 11.0. The van der Waals surface area contributed by atoms with Crippen molar-refractivity contribution in [3.63, 3.8) is 0 Å². The summed E-state index contributed by atoms with van der Waals surface area (Å²) in [7, 11) is 0. The van der Waals surface area contributed by atoms with Gasteiger partial charge in [-0.3, -0.25) is 9.59 Å². The van der Waals surface area contributed by atoms with Gasteiger partial charge in [0.2, 0.25) is 5.95 Å². The van der Waals surface area contributed by atoms with Gasteiger partial charge in [0.1, 0.15) is 11.4 Å². The highest BCUT2D eigenvalue weighted by Gasteiger charge is 2.15. The molecule has 0 atom stereocenters. The summed E-state index contributed by atoms with van der Waals surface area (Å²) >= 11 is 0. The van der Waals surface area contributed by atoms with E-state index in [0.29, 0.717) is 41.6 Å². The van der Waals surface area contributed by atoms with Crippen molar-refractivity contribution < 1.29 is 13.9 Å². The van der Waals surface area contributed by atoms with Crippen LogP contribution in [0.4, 0.5) is 23.1 Å². The van der Waals surface area contributed by atoms with E-state index in [1.807, 2.05) is 25.1 Å². The van der Waals surface area contributed by atoms with Crippen molar-refractivity contribution in [3.05, 3.63) is 82.3 Å². The summed E-state index contributed by atoms with van der Waals surface area (Å²) in [5.74, 6) is 0.818. The normalized spacial score (nSPS) is 13.6. The molecule has 9 heteroatoms. The van der Waals surface area contributed by atoms with Crippen LogP contribution in [0.1, 0.15) is 16.2 Å². The van der Waals surface area contributed by atoms with Gasteiger partial charge in [-0.2, -0.15) is 4.98 Å². The smallest absolute Gasteiger partial charge is 0.291 e. The summed E-state index contributed by atoms with van der Waals surface area (Å²) in [5.41, 5.74) is 2.35. The summed E-state index contributed by atoms with van der Waals surface area (Å²) in [4.78, 5) is 36.2. The number of aryl methyl sites for hydroxylation is 1. The van der Waals surface area contributed by atoms with Gasteiger partial charge in [0.15, 0.2) is 11.2 Å². The highest BCUT2D eigenvalue weighted by Crippen LogP contribution is 2.21. The number of morpholine rings is 1. The molecular formula is C25H23N5O4. The van der Waals surface area contributed by atoms with Crippen LogP contribution in [0.3, 0.4) is 0 Å². The molecule has 5 rings (SSSR count). The fourth-order valence-corrected chi connectivity index (χ4v) is 3.72. The van der Waals surface area contributed by atoms with Crippen LogP contribution in [-0.2, 0) is 4.74 Å². The van der Waals surface area contributed by atoms with Gasteiger partial charge in [-0.05, 0) is 43.3 Å². The van der Waals surface area contributed by atoms with Gasteiger partial charge >= 0.3 is 0 Å². The molecule has 3 heterocycles. The Bertz CT molecular complexity index is 1390. The molecule has 2 aromatic carbocycles. The Hall–Kier alpha value is -4.24. The minimum absolute atomic E-state index is 0.0435. The third-order valence-corrected chi connectivity index (χ3v) is 5.41. The van der Waals surface area contributed by atoms with Gasteiger partial charge in [0, 0.05) is 42.3 Å². The maximum absolute atomic E-state index is 12.6. The number of hydrogen-bond acceptors (Lipinski definition) is 8. The predicted molar refractivity (Wildman–Crippen MR) is 130 cm³/mol. The second-order valence-corrected chi connectivity index (χ2v) is 7.92. The van der Waals surface area contributed by atoms with Crippen LogP contribution >= 0.6 is 0 Å². The molecule has 1 fully saturated rings. The minimum Gasteiger partial charge on any atom is -0.451 e. The minimum atomic E-state index is -0.495. The predicted octanol–water partition coefficient (Wildman–Crippen LogP) is 3.72. The van der Waals surface area contributed by atoms with E-state index < -0.39 is 5.91 Å². The molecule has 0 bridgehead atoms. The van der Waals surface area contributed by atoms with Crippen LogP contribution in [0.2, 0.25) is 0 Å². The summed E-state index contributed by atoms with van der Waals surface area (Å²) in [6, 6.07) is 17.1. The molecule has 4 aromatic rings. The number of para-hydroxylation sites is 1. The molecular weight excluding hydrogens is 434 g/mol. The third kappa shape index (κ3) is 4.74. The van der Waals surface area contributed by atoms with E-state index in [0.717, 1.165) is 24.5 Å². The Labute approximate surface area is 195 Å². The average molecular weight is 457 g/mol. The number of carbonyl (C=O) groups excluding carboxylic acids is 1. The van der Waals surface area contributed by atoms with Crippen molar-refractivity contribution in [1.82, 2.24) is 9.97 Å². The maximum atomic E-state index is 12.6. The molecule has 9 nitrogen and oxygen atoms in total. The van der Waals surface area contributed by atoms with Gasteiger partial charge in [-0.1, -0.05) is 12.1 Å². The Balaban J connectivity index is 1.28. The fourth-order valence-electron chi connectivity index (χ4n) is 3.72. The van der Waals surface area contributed by atoms with Crippen LogP contribution in [0.5, 0.6) is 0 Å². The molecule has 2 aromatic heterocycles. The first-order chi connectivity index (χ1) is 16.5. The van der Waals surface area contributed by atoms with Crippen molar-refractivity contribution >= 4 is 40.0 Å². The lowest BCUT2D eigenvalue weighted by atomic mass is 10.2. The Morgan fingerprint density at radius 2 is 1.71 bits per heavy atom. The zero-order valence-corrected chi connectivity index (χ0v) is 18.6. The second-order valence-electron chi connectivity index (χ2n) is 7.92. The van der Waals surface area contributed by atoms with Crippen molar-refractivity contribution in [2.24, 2.45) is 0 Å². The zero-order valence-electron chi connectivity index (χ0n) is 18.6. The third-order valence-electron chi connectivity index (χ3n) is 5.41. The van der Waals surface area contributed by atoms with Gasteiger partial charge in [0.05, 0.1) is 18.6 Å². The van der Waals surface area contributed by atoms with E-state index in [4.69, 9.17) is 9.15 Å². The molecule has 1 amide bonds. The molecule has 1 aliphatic rings. The van der Waals surface area contributed by atoms with Crippen LogP contribution in [0.15, 0.2) is 69.9 Å². The first-order valence-corrected chi connectivity index (χ1v) is 10.9. The number of nitrogens with one attached hydrogen (secondary N) is 2. The number of amides is 1. The van der Waals surface area contributed by atoms with Crippen molar-refractivity contribution in [1.29, 1.82) is 0 Å². The van der Waals surface area contributed by atoms with Crippen LogP contribution in [-0.4, -0.2) is 42.2 Å². The number of hydrogen-bond donors (Lipinski definition) is 2. The number of carbonyl (C=O) groups is 1. The molecule has 0 aliphatic carbocycles. The lowest BCUT2D eigenvalue weighted by Gasteiger charge is -2.27. The number of ether oxygens (including phenoxy) is 1. The molecule has 34 heavy (non-hydrogen) atoms. The van der Waals surface area contributed by atoms with Gasteiger partial charge in [-0.25, -0.2) is 4.98 Å². The van der Waals surface area contributed by atoms with Gasteiger partial charge in [-0.15, -0.1) is 0 Å². The van der Waals surface area contributed by atoms with Gasteiger partial charge < -0.3 is 24.7 Å². The molecule has 2 N–H and O–H groups in total. The first kappa shape index (κ1) is 21.6. The lowest BCUT2D eigenvalue weighted by Crippen LogP contribution is -2.37. The Morgan fingerprint density at radius 1 is 0.971 bits per heavy atom. The standard InChI is InChI=1S/C25H23N5O4/c1-16-14-23(29-25(26-16)30-10-12-33-13-11-30)27-17-6-8-18(9-7-17)28-24(32)22-15-20(31)19-4-2-3-5-21(19)34-22/h2-9,14-15H,10-13H2,1H3,(H,28,32)(H,26,27,29). The topological polar surface area (TPSA) is 110 Å². The second kappa shape index (κ2) is 9.32. The molecule has 1 aliphatic heterocycles. The monoisotopic (exact) mass is 457 g/mol. The summed E-state index contributed by atoms with van der Waals surface area (Å²) in [6.07, 6.45) is 0. The molecule has 0 unspecified atom stereocenters. The van der Waals surface area contributed by atoms with E-state index in [1.165, 1.54) is 6.07 Å². The lowest BCUT2D eigenvalue weighted by molar-refractivity contribution is 0.0997. The van der Waals surface area contributed by atoms with Crippen molar-refractivity contribution in [3.8, 4) is 0 Å². The fraction of sp³-hybridized carbons (Fsp3) is 0.200. The van der Waals surface area contributed by atoms with E-state index in [1.54, 1.807) is 36.4 Å². The summed E-state index contributed by atoms with van der Waals surface area (Å²) in [5, 5.41) is 6.48. The SMILES string of the molecule is Cc1cc(Nc2ccc(NC(=O)c3cc(=O)c4ccccc4o3)cc2)nc(N2CCOCC2)n1. The molecule has 0 radical (unpaired) electrons. The summed E-state index contributed by atoms with van der Waals surface area (Å²) in [6.45, 7) is 4.77. The Kier molecular flexibility index (Phi) is 5.92. The highest BCUT2D eigenvalue weighted by atomic mass is 16.5.